The number of hydrogen-bond donors (Lipinski definition) is 1. The molecule has 1 unspecified atom stereocenters. The number of benzene rings is 1. The number of rotatable bonds is 5. The molecule has 2 aromatic rings. The van der Waals surface area contributed by atoms with Gasteiger partial charge in [0, 0.05) is 30.9 Å². The number of anilines is 1. The maximum absolute atomic E-state index is 4.85. The molecule has 0 radical (unpaired) electrons. The van der Waals surface area contributed by atoms with Crippen LogP contribution in [-0.2, 0) is 6.42 Å². The predicted molar refractivity (Wildman–Crippen MR) is 90.1 cm³/mol. The molecule has 0 aliphatic carbocycles. The molecule has 4 heteroatoms. The van der Waals surface area contributed by atoms with E-state index >= 15 is 0 Å². The third-order valence-corrected chi connectivity index (χ3v) is 5.08. The van der Waals surface area contributed by atoms with Gasteiger partial charge in [-0.3, -0.25) is 0 Å². The maximum atomic E-state index is 4.85. The van der Waals surface area contributed by atoms with Gasteiger partial charge in [-0.15, -0.1) is 11.3 Å². The molecule has 1 aromatic heterocycles. The van der Waals surface area contributed by atoms with Gasteiger partial charge >= 0.3 is 0 Å². The number of nitrogens with zero attached hydrogens (tertiary/aromatic N) is 2. The van der Waals surface area contributed by atoms with Crippen molar-refractivity contribution in [2.45, 2.75) is 31.7 Å². The van der Waals surface area contributed by atoms with Gasteiger partial charge in [-0.2, -0.15) is 0 Å². The van der Waals surface area contributed by atoms with E-state index in [9.17, 15) is 0 Å². The zero-order valence-electron chi connectivity index (χ0n) is 12.6. The zero-order valence-corrected chi connectivity index (χ0v) is 13.4. The van der Waals surface area contributed by atoms with E-state index in [-0.39, 0.29) is 0 Å². The van der Waals surface area contributed by atoms with E-state index < -0.39 is 0 Å². The van der Waals surface area contributed by atoms with Crippen molar-refractivity contribution in [1.82, 2.24) is 10.3 Å². The highest BCUT2D eigenvalue weighted by atomic mass is 32.1. The van der Waals surface area contributed by atoms with Crippen LogP contribution in [-0.4, -0.2) is 25.1 Å². The molecule has 1 atom stereocenters. The van der Waals surface area contributed by atoms with Crippen LogP contribution in [0.4, 0.5) is 5.13 Å². The largest absolute Gasteiger partial charge is 0.348 e. The summed E-state index contributed by atoms with van der Waals surface area (Å²) in [4.78, 5) is 7.29. The molecule has 2 heterocycles. The predicted octanol–water partition coefficient (Wildman–Crippen LogP) is 3.64. The van der Waals surface area contributed by atoms with Gasteiger partial charge in [0.1, 0.15) is 0 Å². The van der Waals surface area contributed by atoms with Crippen LogP contribution in [0.2, 0.25) is 0 Å². The van der Waals surface area contributed by atoms with Crippen LogP contribution in [0.1, 0.15) is 36.6 Å². The van der Waals surface area contributed by atoms with E-state index in [1.165, 1.54) is 48.7 Å². The number of piperidine rings is 1. The minimum Gasteiger partial charge on any atom is -0.348 e. The molecule has 1 aliphatic heterocycles. The Morgan fingerprint density at radius 2 is 1.95 bits per heavy atom. The molecule has 1 aromatic carbocycles. The van der Waals surface area contributed by atoms with E-state index in [0.29, 0.717) is 6.04 Å². The van der Waals surface area contributed by atoms with E-state index in [2.05, 4.69) is 45.9 Å². The normalized spacial score (nSPS) is 16.9. The smallest absolute Gasteiger partial charge is 0.185 e. The Kier molecular flexibility index (Phi) is 4.88. The minimum absolute atomic E-state index is 0.336. The van der Waals surface area contributed by atoms with E-state index in [1.807, 2.05) is 7.05 Å². The Hall–Kier alpha value is -1.39. The first kappa shape index (κ1) is 14.5. The van der Waals surface area contributed by atoms with Crippen molar-refractivity contribution in [2.24, 2.45) is 0 Å². The van der Waals surface area contributed by atoms with Crippen molar-refractivity contribution in [2.75, 3.05) is 25.0 Å². The zero-order chi connectivity index (χ0) is 14.5. The summed E-state index contributed by atoms with van der Waals surface area (Å²) in [5, 5.41) is 6.83. The second-order valence-corrected chi connectivity index (χ2v) is 6.46. The van der Waals surface area contributed by atoms with E-state index in [1.54, 1.807) is 11.3 Å². The third-order valence-electron chi connectivity index (χ3n) is 4.13. The molecule has 3 nitrogen and oxygen atoms in total. The minimum atomic E-state index is 0.336. The maximum Gasteiger partial charge on any atom is 0.185 e. The molecule has 112 valence electrons. The summed E-state index contributed by atoms with van der Waals surface area (Å²) < 4.78 is 0. The van der Waals surface area contributed by atoms with Gasteiger partial charge < -0.3 is 10.2 Å². The average molecular weight is 301 g/mol. The standard InChI is InChI=1S/C17H23N3S/c1-18-16(14-8-4-2-5-9-14)12-15-13-21-17(19-15)20-10-6-3-7-11-20/h2,4-5,8-9,13,16,18H,3,6-7,10-12H2,1H3. The van der Waals surface area contributed by atoms with Crippen LogP contribution in [0.15, 0.2) is 35.7 Å². The molecule has 0 bridgehead atoms. The number of aromatic nitrogens is 1. The van der Waals surface area contributed by atoms with Crippen molar-refractivity contribution in [3.05, 3.63) is 47.0 Å². The number of hydrogen-bond acceptors (Lipinski definition) is 4. The Labute approximate surface area is 131 Å². The van der Waals surface area contributed by atoms with Gasteiger partial charge in [0.15, 0.2) is 5.13 Å². The first-order chi connectivity index (χ1) is 10.4. The van der Waals surface area contributed by atoms with Gasteiger partial charge in [0.2, 0.25) is 0 Å². The summed E-state index contributed by atoms with van der Waals surface area (Å²) in [5.41, 5.74) is 2.52. The number of thiazole rings is 1. The van der Waals surface area contributed by atoms with Crippen molar-refractivity contribution in [3.8, 4) is 0 Å². The van der Waals surface area contributed by atoms with Gasteiger partial charge in [-0.1, -0.05) is 30.3 Å². The first-order valence-electron chi connectivity index (χ1n) is 7.78. The third kappa shape index (κ3) is 3.63. The fourth-order valence-corrected chi connectivity index (χ4v) is 3.79. The van der Waals surface area contributed by atoms with Crippen LogP contribution in [0.25, 0.3) is 0 Å². The Morgan fingerprint density at radius 1 is 1.19 bits per heavy atom. The highest BCUT2D eigenvalue weighted by molar-refractivity contribution is 7.13. The topological polar surface area (TPSA) is 28.2 Å². The Bertz CT molecular complexity index is 546. The lowest BCUT2D eigenvalue weighted by Gasteiger charge is -2.25. The average Bonchev–Trinajstić information content (AvgIpc) is 3.03. The summed E-state index contributed by atoms with van der Waals surface area (Å²) in [6, 6.07) is 11.0. The van der Waals surface area contributed by atoms with Gasteiger partial charge in [-0.05, 0) is 31.9 Å². The van der Waals surface area contributed by atoms with Gasteiger partial charge in [0.25, 0.3) is 0 Å². The highest BCUT2D eigenvalue weighted by Gasteiger charge is 2.16. The van der Waals surface area contributed by atoms with Crippen LogP contribution < -0.4 is 10.2 Å². The summed E-state index contributed by atoms with van der Waals surface area (Å²) in [6.45, 7) is 2.34. The lowest BCUT2D eigenvalue weighted by atomic mass is 10.0. The summed E-state index contributed by atoms with van der Waals surface area (Å²) in [5.74, 6) is 0. The molecule has 1 aliphatic rings. The summed E-state index contributed by atoms with van der Waals surface area (Å²) >= 11 is 1.79. The molecule has 0 saturated carbocycles. The lowest BCUT2D eigenvalue weighted by Crippen LogP contribution is -2.29. The molecule has 21 heavy (non-hydrogen) atoms. The van der Waals surface area contributed by atoms with Crippen molar-refractivity contribution < 1.29 is 0 Å². The fourth-order valence-electron chi connectivity index (χ4n) is 2.90. The first-order valence-corrected chi connectivity index (χ1v) is 8.66. The summed E-state index contributed by atoms with van der Waals surface area (Å²) in [7, 11) is 2.02. The summed E-state index contributed by atoms with van der Waals surface area (Å²) in [6.07, 6.45) is 4.92. The van der Waals surface area contributed by atoms with Crippen LogP contribution in [0.3, 0.4) is 0 Å². The molecular formula is C17H23N3S. The highest BCUT2D eigenvalue weighted by Crippen LogP contribution is 2.26. The number of likely N-dealkylation sites (N-methyl/N-ethyl adjacent to an activating group) is 1. The molecular weight excluding hydrogens is 278 g/mol. The fraction of sp³-hybridized carbons (Fsp3) is 0.471. The van der Waals surface area contributed by atoms with E-state index in [4.69, 9.17) is 4.98 Å². The second kappa shape index (κ2) is 7.05. The van der Waals surface area contributed by atoms with Gasteiger partial charge in [0.05, 0.1) is 5.69 Å². The van der Waals surface area contributed by atoms with Crippen LogP contribution in [0.5, 0.6) is 0 Å². The van der Waals surface area contributed by atoms with Crippen molar-refractivity contribution in [1.29, 1.82) is 0 Å². The number of nitrogens with one attached hydrogen (secondary N) is 1. The van der Waals surface area contributed by atoms with Crippen LogP contribution >= 0.6 is 11.3 Å². The van der Waals surface area contributed by atoms with Crippen molar-refractivity contribution in [3.63, 3.8) is 0 Å². The SMILES string of the molecule is CNC(Cc1csc(N2CCCCC2)n1)c1ccccc1. The molecule has 0 spiro atoms. The molecule has 0 amide bonds. The van der Waals surface area contributed by atoms with Gasteiger partial charge in [-0.25, -0.2) is 4.98 Å². The molecule has 1 saturated heterocycles. The lowest BCUT2D eigenvalue weighted by molar-refractivity contribution is 0.571. The van der Waals surface area contributed by atoms with Crippen molar-refractivity contribution >= 4 is 16.5 Å². The van der Waals surface area contributed by atoms with E-state index in [0.717, 1.165) is 6.42 Å². The molecule has 1 fully saturated rings. The molecule has 1 N–H and O–H groups in total. The van der Waals surface area contributed by atoms with Crippen LogP contribution in [0, 0.1) is 0 Å². The Morgan fingerprint density at radius 3 is 2.67 bits per heavy atom. The molecule has 3 rings (SSSR count). The second-order valence-electron chi connectivity index (χ2n) is 5.63. The monoisotopic (exact) mass is 301 g/mol. The Balaban J connectivity index is 1.68. The quantitative estimate of drug-likeness (QED) is 0.914.